The Labute approximate surface area is 133 Å². The molecule has 0 aliphatic heterocycles. The van der Waals surface area contributed by atoms with Crippen molar-refractivity contribution in [3.05, 3.63) is 59.9 Å². The zero-order valence-corrected chi connectivity index (χ0v) is 13.0. The topological polar surface area (TPSA) is 48.2 Å². The van der Waals surface area contributed by atoms with Gasteiger partial charge in [-0.1, -0.05) is 37.3 Å². The number of hydrogen-bond acceptors (Lipinski definition) is 4. The van der Waals surface area contributed by atoms with E-state index >= 15 is 0 Å². The van der Waals surface area contributed by atoms with Crippen molar-refractivity contribution in [2.75, 3.05) is 0 Å². The maximum Gasteiger partial charge on any atom is 0.267 e. The van der Waals surface area contributed by atoms with Crippen LogP contribution in [0.15, 0.2) is 52.9 Å². The van der Waals surface area contributed by atoms with E-state index < -0.39 is 0 Å². The van der Waals surface area contributed by atoms with Gasteiger partial charge in [0, 0.05) is 11.8 Å². The molecule has 2 aromatic carbocycles. The minimum Gasteiger partial charge on any atom is -0.449 e. The third-order valence-corrected chi connectivity index (χ3v) is 3.85. The molecule has 0 saturated carbocycles. The molecular weight excluding hydrogens is 288 g/mol. The summed E-state index contributed by atoms with van der Waals surface area (Å²) in [5.41, 5.74) is 3.23. The first-order valence-electron chi connectivity index (χ1n) is 7.68. The van der Waals surface area contributed by atoms with Crippen LogP contribution in [0.5, 0.6) is 11.6 Å². The van der Waals surface area contributed by atoms with Crippen molar-refractivity contribution in [3.8, 4) is 11.6 Å². The van der Waals surface area contributed by atoms with E-state index in [1.54, 1.807) is 0 Å². The van der Waals surface area contributed by atoms with E-state index in [0.717, 1.165) is 40.0 Å². The first kappa shape index (κ1) is 13.8. The highest BCUT2D eigenvalue weighted by molar-refractivity contribution is 6.03. The summed E-state index contributed by atoms with van der Waals surface area (Å²) >= 11 is 0. The zero-order valence-electron chi connectivity index (χ0n) is 13.0. The third kappa shape index (κ3) is 2.32. The summed E-state index contributed by atoms with van der Waals surface area (Å²) in [6, 6.07) is 15.7. The molecule has 23 heavy (non-hydrogen) atoms. The molecule has 2 aromatic heterocycles. The molecule has 0 aliphatic rings. The standard InChI is InChI=1S/C19H16N2O2/c1-3-16-20-17-13-9-5-7-11-15(13)22-18(17)19(21-16)23-14-10-6-4-8-12(14)2/h4-11H,3H2,1-2H3. The van der Waals surface area contributed by atoms with Crippen molar-refractivity contribution >= 4 is 22.1 Å². The van der Waals surface area contributed by atoms with Gasteiger partial charge in [-0.15, -0.1) is 0 Å². The lowest BCUT2D eigenvalue weighted by Crippen LogP contribution is -1.97. The Morgan fingerprint density at radius 3 is 2.61 bits per heavy atom. The summed E-state index contributed by atoms with van der Waals surface area (Å²) < 4.78 is 12.0. The van der Waals surface area contributed by atoms with Crippen LogP contribution in [0.25, 0.3) is 22.1 Å². The average molecular weight is 304 g/mol. The summed E-state index contributed by atoms with van der Waals surface area (Å²) in [4.78, 5) is 9.15. The van der Waals surface area contributed by atoms with Gasteiger partial charge >= 0.3 is 0 Å². The van der Waals surface area contributed by atoms with Crippen LogP contribution < -0.4 is 4.74 Å². The van der Waals surface area contributed by atoms with Crippen LogP contribution in [0, 0.1) is 6.92 Å². The molecule has 0 bridgehead atoms. The van der Waals surface area contributed by atoms with Crippen LogP contribution in [0.4, 0.5) is 0 Å². The second-order valence-corrected chi connectivity index (χ2v) is 5.44. The lowest BCUT2D eigenvalue weighted by atomic mass is 10.2. The van der Waals surface area contributed by atoms with Gasteiger partial charge in [0.2, 0.25) is 5.58 Å². The number of aromatic nitrogens is 2. The Balaban J connectivity index is 1.96. The Hall–Kier alpha value is -2.88. The van der Waals surface area contributed by atoms with E-state index in [-0.39, 0.29) is 0 Å². The first-order valence-corrected chi connectivity index (χ1v) is 7.68. The Kier molecular flexibility index (Phi) is 3.23. The van der Waals surface area contributed by atoms with Gasteiger partial charge in [-0.05, 0) is 30.7 Å². The van der Waals surface area contributed by atoms with Crippen LogP contribution in [-0.4, -0.2) is 9.97 Å². The lowest BCUT2D eigenvalue weighted by Gasteiger charge is -2.08. The van der Waals surface area contributed by atoms with E-state index in [1.165, 1.54) is 0 Å². The molecule has 0 fully saturated rings. The number of nitrogens with zero attached hydrogens (tertiary/aromatic N) is 2. The number of hydrogen-bond donors (Lipinski definition) is 0. The molecule has 4 nitrogen and oxygen atoms in total. The fraction of sp³-hybridized carbons (Fsp3) is 0.158. The van der Waals surface area contributed by atoms with Gasteiger partial charge in [0.05, 0.1) is 0 Å². The number of rotatable bonds is 3. The van der Waals surface area contributed by atoms with Gasteiger partial charge < -0.3 is 9.15 Å². The molecule has 0 spiro atoms. The number of furan rings is 1. The Bertz CT molecular complexity index is 1000. The maximum absolute atomic E-state index is 6.05. The van der Waals surface area contributed by atoms with Crippen molar-refractivity contribution in [2.45, 2.75) is 20.3 Å². The summed E-state index contributed by atoms with van der Waals surface area (Å²) in [6.45, 7) is 4.04. The Morgan fingerprint density at radius 1 is 1.00 bits per heavy atom. The van der Waals surface area contributed by atoms with E-state index in [1.807, 2.05) is 62.4 Å². The normalized spacial score (nSPS) is 11.2. The predicted molar refractivity (Wildman–Crippen MR) is 89.9 cm³/mol. The molecule has 4 aromatic rings. The molecule has 114 valence electrons. The van der Waals surface area contributed by atoms with Crippen LogP contribution in [-0.2, 0) is 6.42 Å². The van der Waals surface area contributed by atoms with Crippen molar-refractivity contribution < 1.29 is 9.15 Å². The van der Waals surface area contributed by atoms with Gasteiger partial charge in [-0.25, -0.2) is 4.98 Å². The average Bonchev–Trinajstić information content (AvgIpc) is 2.96. The number of para-hydroxylation sites is 2. The fourth-order valence-corrected chi connectivity index (χ4v) is 2.61. The molecule has 0 N–H and O–H groups in total. The van der Waals surface area contributed by atoms with Crippen molar-refractivity contribution in [2.24, 2.45) is 0 Å². The van der Waals surface area contributed by atoms with E-state index in [2.05, 4.69) is 9.97 Å². The quantitative estimate of drug-likeness (QED) is 0.532. The molecule has 0 amide bonds. The van der Waals surface area contributed by atoms with Crippen molar-refractivity contribution in [1.29, 1.82) is 0 Å². The molecule has 0 aliphatic carbocycles. The first-order chi connectivity index (χ1) is 11.3. The molecule has 4 rings (SSSR count). The number of ether oxygens (including phenoxy) is 1. The van der Waals surface area contributed by atoms with Crippen LogP contribution >= 0.6 is 0 Å². The maximum atomic E-state index is 6.05. The number of aryl methyl sites for hydroxylation is 2. The SMILES string of the molecule is CCc1nc(Oc2ccccc2C)c2oc3ccccc3c2n1. The smallest absolute Gasteiger partial charge is 0.267 e. The summed E-state index contributed by atoms with van der Waals surface area (Å²) in [6.07, 6.45) is 0.736. The summed E-state index contributed by atoms with van der Waals surface area (Å²) in [7, 11) is 0. The number of fused-ring (bicyclic) bond motifs is 3. The molecule has 0 atom stereocenters. The molecule has 4 heteroatoms. The molecule has 0 radical (unpaired) electrons. The van der Waals surface area contributed by atoms with Gasteiger partial charge in [0.25, 0.3) is 5.88 Å². The summed E-state index contributed by atoms with van der Waals surface area (Å²) in [5.74, 6) is 1.99. The minimum absolute atomic E-state index is 0.470. The largest absolute Gasteiger partial charge is 0.449 e. The highest BCUT2D eigenvalue weighted by atomic mass is 16.5. The second kappa shape index (κ2) is 5.39. The van der Waals surface area contributed by atoms with Gasteiger partial charge in [0.1, 0.15) is 22.7 Å². The second-order valence-electron chi connectivity index (χ2n) is 5.44. The van der Waals surface area contributed by atoms with Crippen molar-refractivity contribution in [1.82, 2.24) is 9.97 Å². The van der Waals surface area contributed by atoms with Crippen molar-refractivity contribution in [3.63, 3.8) is 0 Å². The molecular formula is C19H16N2O2. The van der Waals surface area contributed by atoms with Crippen LogP contribution in [0.3, 0.4) is 0 Å². The predicted octanol–water partition coefficient (Wildman–Crippen LogP) is 5.04. The highest BCUT2D eigenvalue weighted by Gasteiger charge is 2.17. The Morgan fingerprint density at radius 2 is 1.78 bits per heavy atom. The van der Waals surface area contributed by atoms with Gasteiger partial charge in [-0.2, -0.15) is 4.98 Å². The van der Waals surface area contributed by atoms with Crippen LogP contribution in [0.2, 0.25) is 0 Å². The fourth-order valence-electron chi connectivity index (χ4n) is 2.61. The van der Waals surface area contributed by atoms with Gasteiger partial charge in [0.15, 0.2) is 0 Å². The minimum atomic E-state index is 0.470. The molecule has 0 unspecified atom stereocenters. The van der Waals surface area contributed by atoms with E-state index in [9.17, 15) is 0 Å². The molecule has 2 heterocycles. The molecule has 0 saturated heterocycles. The van der Waals surface area contributed by atoms with E-state index in [4.69, 9.17) is 9.15 Å². The third-order valence-electron chi connectivity index (χ3n) is 3.85. The lowest BCUT2D eigenvalue weighted by molar-refractivity contribution is 0.450. The monoisotopic (exact) mass is 304 g/mol. The van der Waals surface area contributed by atoms with Crippen LogP contribution in [0.1, 0.15) is 18.3 Å². The van der Waals surface area contributed by atoms with E-state index in [0.29, 0.717) is 11.5 Å². The number of benzene rings is 2. The van der Waals surface area contributed by atoms with Gasteiger partial charge in [-0.3, -0.25) is 0 Å². The summed E-state index contributed by atoms with van der Waals surface area (Å²) in [5, 5.41) is 0.981. The zero-order chi connectivity index (χ0) is 15.8. The highest BCUT2D eigenvalue weighted by Crippen LogP contribution is 2.35.